The highest BCUT2D eigenvalue weighted by atomic mass is 35.5. The van der Waals surface area contributed by atoms with E-state index >= 15 is 0 Å². The molecule has 0 aliphatic carbocycles. The molecule has 0 radical (unpaired) electrons. The number of hydrogen-bond acceptors (Lipinski definition) is 10. The first-order valence-electron chi connectivity index (χ1n) is 10.3. The Morgan fingerprint density at radius 1 is 1.18 bits per heavy atom. The minimum absolute atomic E-state index is 0.0121. The Morgan fingerprint density at radius 3 is 2.56 bits per heavy atom. The first-order valence-corrected chi connectivity index (χ1v) is 12.3. The average Bonchev–Trinajstić information content (AvgIpc) is 3.22. The molecule has 184 valence electrons. The molecule has 2 atom stereocenters. The molecule has 3 heterocycles. The van der Waals surface area contributed by atoms with Crippen LogP contribution in [0.1, 0.15) is 25.8 Å². The highest BCUT2D eigenvalue weighted by Gasteiger charge is 2.34. The van der Waals surface area contributed by atoms with E-state index in [2.05, 4.69) is 29.9 Å². The highest BCUT2D eigenvalue weighted by molar-refractivity contribution is 7.93. The van der Waals surface area contributed by atoms with Crippen molar-refractivity contribution in [1.82, 2.24) is 29.7 Å². The van der Waals surface area contributed by atoms with Crippen LogP contribution >= 0.6 is 11.6 Å². The average molecular weight is 512 g/mol. The van der Waals surface area contributed by atoms with Gasteiger partial charge < -0.3 is 14.2 Å². The number of nitrogens with one attached hydrogen (secondary N) is 1. The summed E-state index contributed by atoms with van der Waals surface area (Å²) in [5.74, 6) is 0.939. The number of ether oxygens (including phenoxy) is 3. The Bertz CT molecular complexity index is 1190. The monoisotopic (exact) mass is 511 g/mol. The highest BCUT2D eigenvalue weighted by Crippen LogP contribution is 2.26. The predicted molar refractivity (Wildman–Crippen MR) is 125 cm³/mol. The predicted octanol–water partition coefficient (Wildman–Crippen LogP) is 2.35. The number of pyridine rings is 1. The van der Waals surface area contributed by atoms with Gasteiger partial charge in [0, 0.05) is 32.2 Å². The van der Waals surface area contributed by atoms with Crippen LogP contribution in [0.15, 0.2) is 30.6 Å². The van der Waals surface area contributed by atoms with Crippen molar-refractivity contribution in [1.29, 1.82) is 0 Å². The van der Waals surface area contributed by atoms with E-state index in [-0.39, 0.29) is 18.3 Å². The number of anilines is 1. The standard InChI is InChI=1S/C20H26ClN7O5S/c1-5-33-10-9-28-19(15-7-6-8-16(24-15)31-3)25-26-20(28)27-34(29,30)13(2)17(32-4)18-22-11-14(21)12-23-18/h6-8,11-13,17H,5,9-10H2,1-4H3,(H,26,27). The number of hydrogen-bond donors (Lipinski definition) is 1. The molecule has 0 fully saturated rings. The zero-order valence-electron chi connectivity index (χ0n) is 19.2. The molecule has 0 spiro atoms. The fourth-order valence-corrected chi connectivity index (χ4v) is 4.34. The zero-order chi connectivity index (χ0) is 24.7. The van der Waals surface area contributed by atoms with E-state index in [1.807, 2.05) is 6.92 Å². The largest absolute Gasteiger partial charge is 0.481 e. The number of aromatic nitrogens is 6. The third-order valence-corrected chi connectivity index (χ3v) is 6.76. The molecule has 0 bridgehead atoms. The van der Waals surface area contributed by atoms with Crippen LogP contribution in [-0.2, 0) is 26.0 Å². The second-order valence-corrected chi connectivity index (χ2v) is 9.50. The van der Waals surface area contributed by atoms with Crippen LogP contribution < -0.4 is 9.46 Å². The minimum Gasteiger partial charge on any atom is -0.481 e. The number of sulfonamides is 1. The van der Waals surface area contributed by atoms with Crippen molar-refractivity contribution < 1.29 is 22.6 Å². The van der Waals surface area contributed by atoms with Crippen LogP contribution in [0.5, 0.6) is 5.88 Å². The summed E-state index contributed by atoms with van der Waals surface area (Å²) in [6, 6.07) is 5.17. The van der Waals surface area contributed by atoms with Crippen molar-refractivity contribution in [2.45, 2.75) is 31.7 Å². The lowest BCUT2D eigenvalue weighted by Crippen LogP contribution is -2.33. The van der Waals surface area contributed by atoms with Gasteiger partial charge in [-0.15, -0.1) is 10.2 Å². The minimum atomic E-state index is -4.01. The first-order chi connectivity index (χ1) is 16.3. The molecule has 3 aromatic rings. The van der Waals surface area contributed by atoms with Crippen molar-refractivity contribution >= 4 is 27.6 Å². The Kier molecular flexibility index (Phi) is 8.72. The summed E-state index contributed by atoms with van der Waals surface area (Å²) in [5.41, 5.74) is 0.464. The van der Waals surface area contributed by atoms with E-state index < -0.39 is 21.4 Å². The normalized spacial score (nSPS) is 13.4. The second kappa shape index (κ2) is 11.5. The third kappa shape index (κ3) is 5.97. The number of halogens is 1. The maximum absolute atomic E-state index is 13.2. The van der Waals surface area contributed by atoms with Gasteiger partial charge in [-0.25, -0.2) is 23.4 Å². The maximum Gasteiger partial charge on any atom is 0.240 e. The summed E-state index contributed by atoms with van der Waals surface area (Å²) in [4.78, 5) is 12.5. The molecule has 0 aliphatic heterocycles. The van der Waals surface area contributed by atoms with E-state index in [9.17, 15) is 8.42 Å². The van der Waals surface area contributed by atoms with Crippen LogP contribution in [0.4, 0.5) is 5.95 Å². The molecule has 0 aromatic carbocycles. The molecule has 2 unspecified atom stereocenters. The van der Waals surface area contributed by atoms with Crippen molar-refractivity contribution in [3.8, 4) is 17.4 Å². The molecular weight excluding hydrogens is 486 g/mol. The molecule has 3 aromatic heterocycles. The smallest absolute Gasteiger partial charge is 0.240 e. The summed E-state index contributed by atoms with van der Waals surface area (Å²) in [6.45, 7) is 4.46. The van der Waals surface area contributed by atoms with Gasteiger partial charge in [-0.05, 0) is 19.9 Å². The Morgan fingerprint density at radius 2 is 1.91 bits per heavy atom. The number of rotatable bonds is 12. The fourth-order valence-electron chi connectivity index (χ4n) is 3.09. The summed E-state index contributed by atoms with van der Waals surface area (Å²) < 4.78 is 46.6. The summed E-state index contributed by atoms with van der Waals surface area (Å²) >= 11 is 5.84. The maximum atomic E-state index is 13.2. The molecule has 14 heteroatoms. The van der Waals surface area contributed by atoms with Gasteiger partial charge in [0.2, 0.25) is 21.9 Å². The molecule has 0 saturated carbocycles. The Balaban J connectivity index is 1.93. The molecule has 1 N–H and O–H groups in total. The summed E-state index contributed by atoms with van der Waals surface area (Å²) in [7, 11) is -1.13. The van der Waals surface area contributed by atoms with Gasteiger partial charge >= 0.3 is 0 Å². The molecule has 34 heavy (non-hydrogen) atoms. The molecule has 12 nitrogen and oxygen atoms in total. The van der Waals surface area contributed by atoms with E-state index in [0.29, 0.717) is 35.6 Å². The number of nitrogens with zero attached hydrogens (tertiary/aromatic N) is 6. The fraction of sp³-hybridized carbons (Fsp3) is 0.450. The molecular formula is C20H26ClN7O5S. The lowest BCUT2D eigenvalue weighted by atomic mass is 10.2. The zero-order valence-corrected chi connectivity index (χ0v) is 20.7. The van der Waals surface area contributed by atoms with Crippen molar-refractivity contribution in [3.05, 3.63) is 41.4 Å². The second-order valence-electron chi connectivity index (χ2n) is 7.03. The van der Waals surface area contributed by atoms with Gasteiger partial charge in [-0.2, -0.15) is 0 Å². The van der Waals surface area contributed by atoms with Gasteiger partial charge in [-0.3, -0.25) is 9.29 Å². The van der Waals surface area contributed by atoms with E-state index in [4.69, 9.17) is 25.8 Å². The Labute approximate surface area is 202 Å². The summed E-state index contributed by atoms with van der Waals surface area (Å²) in [5, 5.41) is 7.47. The van der Waals surface area contributed by atoms with Crippen molar-refractivity contribution in [3.63, 3.8) is 0 Å². The van der Waals surface area contributed by atoms with Crippen molar-refractivity contribution in [2.75, 3.05) is 32.2 Å². The van der Waals surface area contributed by atoms with E-state index in [1.165, 1.54) is 33.5 Å². The van der Waals surface area contributed by atoms with E-state index in [1.54, 1.807) is 22.8 Å². The Hall–Kier alpha value is -2.87. The quantitative estimate of drug-likeness (QED) is 0.360. The van der Waals surface area contributed by atoms with E-state index in [0.717, 1.165) is 0 Å². The first kappa shape index (κ1) is 25.7. The topological polar surface area (TPSA) is 143 Å². The van der Waals surface area contributed by atoms with Gasteiger partial charge in [0.1, 0.15) is 17.0 Å². The van der Waals surface area contributed by atoms with Crippen LogP contribution in [0.2, 0.25) is 5.02 Å². The van der Waals surface area contributed by atoms with Crippen LogP contribution in [0.25, 0.3) is 11.5 Å². The molecule has 0 aliphatic rings. The van der Waals surface area contributed by atoms with Crippen LogP contribution in [0, 0.1) is 0 Å². The van der Waals surface area contributed by atoms with Crippen LogP contribution in [-0.4, -0.2) is 70.8 Å². The SMILES string of the molecule is CCOCCn1c(NS(=O)(=O)C(C)C(OC)c2ncc(Cl)cn2)nnc1-c1cccc(OC)n1. The lowest BCUT2D eigenvalue weighted by molar-refractivity contribution is 0.0950. The van der Waals surface area contributed by atoms with Gasteiger partial charge in [0.25, 0.3) is 0 Å². The molecule has 0 saturated heterocycles. The third-order valence-electron chi connectivity index (χ3n) is 4.87. The van der Waals surface area contributed by atoms with Gasteiger partial charge in [-0.1, -0.05) is 17.7 Å². The van der Waals surface area contributed by atoms with Gasteiger partial charge in [0.15, 0.2) is 11.6 Å². The van der Waals surface area contributed by atoms with Crippen molar-refractivity contribution in [2.24, 2.45) is 0 Å². The lowest BCUT2D eigenvalue weighted by Gasteiger charge is -2.22. The summed E-state index contributed by atoms with van der Waals surface area (Å²) in [6.07, 6.45) is 1.80. The molecule has 3 rings (SSSR count). The number of methoxy groups -OCH3 is 2. The van der Waals surface area contributed by atoms with Gasteiger partial charge in [0.05, 0.1) is 25.3 Å². The molecule has 0 amide bonds. The van der Waals surface area contributed by atoms with Crippen LogP contribution in [0.3, 0.4) is 0 Å².